The number of aryl methyl sites for hydroxylation is 2. The molecule has 3 rings (SSSR count). The summed E-state index contributed by atoms with van der Waals surface area (Å²) in [5.41, 5.74) is 3.32. The van der Waals surface area contributed by atoms with E-state index in [4.69, 9.17) is 4.74 Å². The van der Waals surface area contributed by atoms with Crippen molar-refractivity contribution in [1.82, 2.24) is 4.90 Å². The Kier molecular flexibility index (Phi) is 6.63. The molecule has 0 bridgehead atoms. The van der Waals surface area contributed by atoms with Gasteiger partial charge in [0.15, 0.2) is 0 Å². The third-order valence-corrected chi connectivity index (χ3v) is 6.14. The number of para-hydroxylation sites is 1. The van der Waals surface area contributed by atoms with Crippen molar-refractivity contribution in [1.29, 1.82) is 0 Å². The first-order valence-electron chi connectivity index (χ1n) is 8.75. The van der Waals surface area contributed by atoms with Gasteiger partial charge in [-0.3, -0.25) is 19.3 Å². The lowest BCUT2D eigenvalue weighted by Gasteiger charge is -2.15. The van der Waals surface area contributed by atoms with Gasteiger partial charge >= 0.3 is 0 Å². The summed E-state index contributed by atoms with van der Waals surface area (Å²) in [4.78, 5) is 38.7. The van der Waals surface area contributed by atoms with Crippen LogP contribution in [0.5, 0.6) is 5.75 Å². The molecule has 29 heavy (non-hydrogen) atoms. The van der Waals surface area contributed by atoms with E-state index in [0.29, 0.717) is 5.69 Å². The van der Waals surface area contributed by atoms with Crippen molar-refractivity contribution in [2.24, 2.45) is 0 Å². The van der Waals surface area contributed by atoms with Crippen LogP contribution < -0.4 is 10.1 Å². The fraction of sp³-hybridized carbons (Fsp3) is 0.190. The van der Waals surface area contributed by atoms with Crippen LogP contribution in [0.4, 0.5) is 10.5 Å². The zero-order valence-electron chi connectivity index (χ0n) is 16.1. The molecule has 1 saturated heterocycles. The molecule has 3 amide bonds. The van der Waals surface area contributed by atoms with Gasteiger partial charge in [-0.15, -0.1) is 0 Å². The number of benzene rings is 2. The Hall–Kier alpha value is -2.33. The monoisotopic (exact) mass is 522 g/mol. The van der Waals surface area contributed by atoms with Crippen LogP contribution in [0.2, 0.25) is 0 Å². The Labute approximate surface area is 186 Å². The van der Waals surface area contributed by atoms with Crippen LogP contribution in [0.3, 0.4) is 0 Å². The minimum atomic E-state index is -0.470. The highest BCUT2D eigenvalue weighted by Gasteiger charge is 2.36. The van der Waals surface area contributed by atoms with Gasteiger partial charge in [0.25, 0.3) is 11.1 Å². The third-order valence-electron chi connectivity index (χ3n) is 4.39. The summed E-state index contributed by atoms with van der Waals surface area (Å²) in [6, 6.07) is 11.2. The first-order valence-corrected chi connectivity index (χ1v) is 10.6. The van der Waals surface area contributed by atoms with E-state index in [9.17, 15) is 14.4 Å². The number of hydrogen-bond donors (Lipinski definition) is 1. The molecule has 0 aliphatic carbocycles. The van der Waals surface area contributed by atoms with E-state index in [-0.39, 0.29) is 11.4 Å². The van der Waals surface area contributed by atoms with Crippen molar-refractivity contribution in [3.63, 3.8) is 0 Å². The quantitative estimate of drug-likeness (QED) is 0.460. The Bertz CT molecular complexity index is 1020. The second-order valence-electron chi connectivity index (χ2n) is 6.48. The number of halogens is 1. The van der Waals surface area contributed by atoms with Crippen LogP contribution in [0.1, 0.15) is 16.7 Å². The molecule has 1 aliphatic heterocycles. The van der Waals surface area contributed by atoms with Gasteiger partial charge in [0.2, 0.25) is 5.91 Å². The largest absolute Gasteiger partial charge is 0.496 e. The van der Waals surface area contributed by atoms with Gasteiger partial charge < -0.3 is 10.1 Å². The van der Waals surface area contributed by atoms with Crippen LogP contribution >= 0.6 is 34.4 Å². The number of nitrogens with zero attached hydrogens (tertiary/aromatic N) is 1. The van der Waals surface area contributed by atoms with Crippen molar-refractivity contribution < 1.29 is 19.1 Å². The van der Waals surface area contributed by atoms with Crippen LogP contribution in [0.25, 0.3) is 6.08 Å². The summed E-state index contributed by atoms with van der Waals surface area (Å²) in [5.74, 6) is -0.147. The summed E-state index contributed by atoms with van der Waals surface area (Å²) >= 11 is 2.97. The first kappa shape index (κ1) is 21.4. The number of carbonyl (C=O) groups excluding carboxylic acids is 3. The highest BCUT2D eigenvalue weighted by molar-refractivity contribution is 14.1. The molecule has 8 heteroatoms. The highest BCUT2D eigenvalue weighted by Crippen LogP contribution is 2.33. The van der Waals surface area contributed by atoms with E-state index in [1.54, 1.807) is 19.3 Å². The fourth-order valence-electron chi connectivity index (χ4n) is 2.89. The first-order chi connectivity index (χ1) is 13.8. The molecule has 2 aromatic carbocycles. The van der Waals surface area contributed by atoms with Gasteiger partial charge in [0, 0.05) is 5.69 Å². The molecule has 1 N–H and O–H groups in total. The van der Waals surface area contributed by atoms with Gasteiger partial charge in [0.1, 0.15) is 12.3 Å². The van der Waals surface area contributed by atoms with Crippen LogP contribution in [-0.2, 0) is 9.59 Å². The molecule has 0 saturated carbocycles. The molecule has 1 heterocycles. The van der Waals surface area contributed by atoms with Crippen LogP contribution in [0.15, 0.2) is 41.3 Å². The average Bonchev–Trinajstić information content (AvgIpc) is 2.92. The number of thioether (sulfide) groups is 1. The SMILES string of the molecule is COc1ccc(/C=C2\SC(=O)N(CC(=O)Nc3c(C)cccc3C)C2=O)cc1I. The molecule has 0 unspecified atom stereocenters. The van der Waals surface area contributed by atoms with E-state index in [1.807, 2.05) is 44.2 Å². The average molecular weight is 522 g/mol. The maximum absolute atomic E-state index is 12.7. The maximum Gasteiger partial charge on any atom is 0.294 e. The van der Waals surface area contributed by atoms with Crippen molar-refractivity contribution >= 4 is 63.2 Å². The lowest BCUT2D eigenvalue weighted by molar-refractivity contribution is -0.127. The van der Waals surface area contributed by atoms with Crippen molar-refractivity contribution in [2.45, 2.75) is 13.8 Å². The molecule has 150 valence electrons. The standard InChI is InChI=1S/C21H19IN2O4S/c1-12-5-4-6-13(2)19(12)23-18(25)11-24-20(26)17(29-21(24)27)10-14-7-8-16(28-3)15(22)9-14/h4-10H,11H2,1-3H3,(H,23,25)/b17-10-. The minimum Gasteiger partial charge on any atom is -0.496 e. The zero-order chi connectivity index (χ0) is 21.1. The van der Waals surface area contributed by atoms with Gasteiger partial charge in [-0.2, -0.15) is 0 Å². The third kappa shape index (κ3) is 4.81. The Balaban J connectivity index is 1.73. The predicted octanol–water partition coefficient (Wildman–Crippen LogP) is 4.59. The molecular formula is C21H19IN2O4S. The summed E-state index contributed by atoms with van der Waals surface area (Å²) < 4.78 is 6.12. The number of nitrogens with one attached hydrogen (secondary N) is 1. The number of carbonyl (C=O) groups is 3. The van der Waals surface area contributed by atoms with E-state index in [1.165, 1.54) is 0 Å². The lowest BCUT2D eigenvalue weighted by atomic mass is 10.1. The Morgan fingerprint density at radius 1 is 1.21 bits per heavy atom. The fourth-order valence-corrected chi connectivity index (χ4v) is 4.49. The highest BCUT2D eigenvalue weighted by atomic mass is 127. The van der Waals surface area contributed by atoms with Crippen LogP contribution in [-0.4, -0.2) is 35.6 Å². The van der Waals surface area contributed by atoms with Crippen molar-refractivity contribution in [2.75, 3.05) is 19.0 Å². The minimum absolute atomic E-state index is 0.288. The van der Waals surface area contributed by atoms with E-state index < -0.39 is 17.1 Å². The molecule has 1 aliphatic rings. The Morgan fingerprint density at radius 3 is 2.52 bits per heavy atom. The van der Waals surface area contributed by atoms with E-state index in [0.717, 1.165) is 42.7 Å². The number of imide groups is 1. The number of anilines is 1. The van der Waals surface area contributed by atoms with Gasteiger partial charge in [-0.1, -0.05) is 24.3 Å². The summed E-state index contributed by atoms with van der Waals surface area (Å²) in [5, 5.41) is 2.35. The lowest BCUT2D eigenvalue weighted by Crippen LogP contribution is -2.36. The number of methoxy groups -OCH3 is 1. The van der Waals surface area contributed by atoms with Crippen LogP contribution in [0, 0.1) is 17.4 Å². The summed E-state index contributed by atoms with van der Waals surface area (Å²) in [6.07, 6.45) is 1.65. The molecule has 0 spiro atoms. The van der Waals surface area contributed by atoms with Gasteiger partial charge in [0.05, 0.1) is 15.6 Å². The van der Waals surface area contributed by atoms with Crippen molar-refractivity contribution in [3.8, 4) is 5.75 Å². The van der Waals surface area contributed by atoms with Gasteiger partial charge in [-0.25, -0.2) is 0 Å². The molecule has 6 nitrogen and oxygen atoms in total. The van der Waals surface area contributed by atoms with Gasteiger partial charge in [-0.05, 0) is 83.1 Å². The number of ether oxygens (including phenoxy) is 1. The smallest absolute Gasteiger partial charge is 0.294 e. The Morgan fingerprint density at radius 2 is 1.90 bits per heavy atom. The van der Waals surface area contributed by atoms with Crippen molar-refractivity contribution in [3.05, 3.63) is 61.6 Å². The summed E-state index contributed by atoms with van der Waals surface area (Å²) in [6.45, 7) is 3.46. The predicted molar refractivity (Wildman–Crippen MR) is 123 cm³/mol. The second kappa shape index (κ2) is 9.00. The normalized spacial score (nSPS) is 15.2. The number of rotatable bonds is 5. The molecule has 0 atom stereocenters. The number of amides is 3. The maximum atomic E-state index is 12.7. The number of hydrogen-bond acceptors (Lipinski definition) is 5. The second-order valence-corrected chi connectivity index (χ2v) is 8.63. The molecular weight excluding hydrogens is 503 g/mol. The molecule has 0 radical (unpaired) electrons. The summed E-state index contributed by atoms with van der Waals surface area (Å²) in [7, 11) is 1.59. The molecule has 0 aromatic heterocycles. The topological polar surface area (TPSA) is 75.7 Å². The zero-order valence-corrected chi connectivity index (χ0v) is 19.1. The van der Waals surface area contributed by atoms with E-state index >= 15 is 0 Å². The van der Waals surface area contributed by atoms with E-state index in [2.05, 4.69) is 27.9 Å². The molecule has 1 fully saturated rings. The molecule has 2 aromatic rings.